The van der Waals surface area contributed by atoms with E-state index in [0.29, 0.717) is 6.54 Å². The summed E-state index contributed by atoms with van der Waals surface area (Å²) >= 11 is 0. The number of hydrogen-bond donors (Lipinski definition) is 2. The smallest absolute Gasteiger partial charge is 0.309 e. The number of carbonyl (C=O) groups is 3. The van der Waals surface area contributed by atoms with Gasteiger partial charge in [-0.2, -0.15) is 0 Å². The van der Waals surface area contributed by atoms with Crippen LogP contribution in [0, 0.1) is 5.92 Å². The van der Waals surface area contributed by atoms with E-state index in [1.54, 1.807) is 7.05 Å². The van der Waals surface area contributed by atoms with Crippen LogP contribution in [0.3, 0.4) is 0 Å². The van der Waals surface area contributed by atoms with Gasteiger partial charge in [-0.25, -0.2) is 0 Å². The number of ether oxygens (including phenoxy) is 1. The van der Waals surface area contributed by atoms with Crippen LogP contribution in [0.4, 0.5) is 0 Å². The third-order valence-corrected chi connectivity index (χ3v) is 3.95. The van der Waals surface area contributed by atoms with Crippen molar-refractivity contribution in [2.75, 3.05) is 40.3 Å². The Morgan fingerprint density at radius 2 is 1.78 bits per heavy atom. The summed E-state index contributed by atoms with van der Waals surface area (Å²) in [5.41, 5.74) is -0.304. The highest BCUT2D eigenvalue weighted by Crippen LogP contribution is 2.10. The van der Waals surface area contributed by atoms with Crippen molar-refractivity contribution >= 4 is 17.8 Å². The number of amides is 2. The zero-order valence-electron chi connectivity index (χ0n) is 14.9. The quantitative estimate of drug-likeness (QED) is 0.623. The van der Waals surface area contributed by atoms with Crippen LogP contribution in [0.5, 0.6) is 0 Å². The fourth-order valence-corrected chi connectivity index (χ4v) is 2.72. The van der Waals surface area contributed by atoms with Crippen molar-refractivity contribution in [1.29, 1.82) is 0 Å². The molecule has 1 saturated heterocycles. The van der Waals surface area contributed by atoms with Crippen molar-refractivity contribution in [1.82, 2.24) is 10.2 Å². The van der Waals surface area contributed by atoms with E-state index < -0.39 is 0 Å². The Kier molecular flexibility index (Phi) is 7.00. The van der Waals surface area contributed by atoms with Crippen molar-refractivity contribution in [2.24, 2.45) is 5.92 Å². The first-order chi connectivity index (χ1) is 10.6. The molecule has 132 valence electrons. The van der Waals surface area contributed by atoms with Gasteiger partial charge in [0.05, 0.1) is 32.7 Å². The molecule has 0 unspecified atom stereocenters. The molecule has 0 aromatic heterocycles. The number of likely N-dealkylation sites (tertiary alicyclic amines) is 1. The average Bonchev–Trinajstić information content (AvgIpc) is 2.45. The van der Waals surface area contributed by atoms with Crippen molar-refractivity contribution in [3.05, 3.63) is 0 Å². The SMILES string of the molecule is COC(=O)C1CC[NH+](CC(=O)N(C)CC(=O)NC(C)(C)C)CC1. The molecule has 2 amide bonds. The van der Waals surface area contributed by atoms with Crippen LogP contribution in [0.15, 0.2) is 0 Å². The number of hydrogen-bond acceptors (Lipinski definition) is 4. The van der Waals surface area contributed by atoms with Crippen LogP contribution < -0.4 is 10.2 Å². The Morgan fingerprint density at radius 1 is 1.22 bits per heavy atom. The second-order valence-corrected chi connectivity index (χ2v) is 7.27. The molecular formula is C16H30N3O4+. The molecular weight excluding hydrogens is 298 g/mol. The first-order valence-corrected chi connectivity index (χ1v) is 8.08. The van der Waals surface area contributed by atoms with E-state index in [9.17, 15) is 14.4 Å². The summed E-state index contributed by atoms with van der Waals surface area (Å²) in [7, 11) is 3.05. The molecule has 1 fully saturated rings. The molecule has 0 bridgehead atoms. The number of esters is 1. The molecule has 1 rings (SSSR count). The lowest BCUT2D eigenvalue weighted by Crippen LogP contribution is -3.14. The lowest BCUT2D eigenvalue weighted by Gasteiger charge is -2.29. The highest BCUT2D eigenvalue weighted by molar-refractivity contribution is 5.85. The third kappa shape index (κ3) is 6.99. The highest BCUT2D eigenvalue weighted by atomic mass is 16.5. The predicted molar refractivity (Wildman–Crippen MR) is 85.8 cm³/mol. The zero-order valence-corrected chi connectivity index (χ0v) is 14.9. The van der Waals surface area contributed by atoms with Gasteiger partial charge in [-0.1, -0.05) is 0 Å². The summed E-state index contributed by atoms with van der Waals surface area (Å²) in [4.78, 5) is 38.2. The molecule has 0 aromatic carbocycles. The fourth-order valence-electron chi connectivity index (χ4n) is 2.72. The third-order valence-electron chi connectivity index (χ3n) is 3.95. The van der Waals surface area contributed by atoms with Gasteiger partial charge < -0.3 is 19.9 Å². The summed E-state index contributed by atoms with van der Waals surface area (Å²) in [5.74, 6) is -0.422. The zero-order chi connectivity index (χ0) is 17.6. The second-order valence-electron chi connectivity index (χ2n) is 7.27. The van der Waals surface area contributed by atoms with Gasteiger partial charge in [0.2, 0.25) is 5.91 Å². The minimum absolute atomic E-state index is 0.0471. The minimum Gasteiger partial charge on any atom is -0.469 e. The molecule has 0 aromatic rings. The number of quaternary nitrogens is 1. The van der Waals surface area contributed by atoms with Gasteiger partial charge in [0.25, 0.3) is 5.91 Å². The van der Waals surface area contributed by atoms with Crippen molar-refractivity contribution in [2.45, 2.75) is 39.2 Å². The monoisotopic (exact) mass is 328 g/mol. The number of nitrogens with one attached hydrogen (secondary N) is 2. The first-order valence-electron chi connectivity index (χ1n) is 8.08. The van der Waals surface area contributed by atoms with Gasteiger partial charge in [-0.3, -0.25) is 14.4 Å². The van der Waals surface area contributed by atoms with Crippen molar-refractivity contribution in [3.8, 4) is 0 Å². The molecule has 1 aliphatic rings. The lowest BCUT2D eigenvalue weighted by atomic mass is 9.97. The molecule has 7 nitrogen and oxygen atoms in total. The summed E-state index contributed by atoms with van der Waals surface area (Å²) in [6, 6.07) is 0. The number of nitrogens with zero attached hydrogens (tertiary/aromatic N) is 1. The van der Waals surface area contributed by atoms with Gasteiger partial charge in [0.1, 0.15) is 0 Å². The largest absolute Gasteiger partial charge is 0.469 e. The van der Waals surface area contributed by atoms with Gasteiger partial charge in [0, 0.05) is 25.4 Å². The number of methoxy groups -OCH3 is 1. The van der Waals surface area contributed by atoms with Crippen LogP contribution in [-0.2, 0) is 19.1 Å². The Bertz CT molecular complexity index is 437. The van der Waals surface area contributed by atoms with E-state index in [0.717, 1.165) is 30.8 Å². The van der Waals surface area contributed by atoms with Gasteiger partial charge in [-0.05, 0) is 20.8 Å². The molecule has 1 heterocycles. The number of rotatable bonds is 5. The van der Waals surface area contributed by atoms with Gasteiger partial charge in [0.15, 0.2) is 6.54 Å². The molecule has 7 heteroatoms. The maximum Gasteiger partial charge on any atom is 0.309 e. The Morgan fingerprint density at radius 3 is 2.26 bits per heavy atom. The Hall–Kier alpha value is -1.63. The molecule has 0 radical (unpaired) electrons. The Balaban J connectivity index is 2.36. The summed E-state index contributed by atoms with van der Waals surface area (Å²) in [5, 5.41) is 2.84. The van der Waals surface area contributed by atoms with Crippen LogP contribution >= 0.6 is 0 Å². The highest BCUT2D eigenvalue weighted by Gasteiger charge is 2.30. The van der Waals surface area contributed by atoms with E-state index in [4.69, 9.17) is 4.74 Å². The topological polar surface area (TPSA) is 80.2 Å². The van der Waals surface area contributed by atoms with E-state index >= 15 is 0 Å². The maximum absolute atomic E-state index is 12.2. The average molecular weight is 328 g/mol. The fraction of sp³-hybridized carbons (Fsp3) is 0.812. The molecule has 23 heavy (non-hydrogen) atoms. The maximum atomic E-state index is 12.2. The van der Waals surface area contributed by atoms with E-state index in [-0.39, 0.29) is 35.8 Å². The lowest BCUT2D eigenvalue weighted by molar-refractivity contribution is -0.898. The van der Waals surface area contributed by atoms with E-state index in [2.05, 4.69) is 5.32 Å². The number of likely N-dealkylation sites (N-methyl/N-ethyl adjacent to an activating group) is 1. The molecule has 1 aliphatic heterocycles. The predicted octanol–water partition coefficient (Wildman–Crippen LogP) is -1.17. The molecule has 0 aliphatic carbocycles. The summed E-state index contributed by atoms with van der Waals surface area (Å²) in [6.45, 7) is 7.68. The van der Waals surface area contributed by atoms with Crippen LogP contribution in [0.25, 0.3) is 0 Å². The summed E-state index contributed by atoms with van der Waals surface area (Å²) in [6.07, 6.45) is 1.48. The second kappa shape index (κ2) is 8.29. The molecule has 0 atom stereocenters. The number of piperidine rings is 1. The van der Waals surface area contributed by atoms with Gasteiger partial charge in [-0.15, -0.1) is 0 Å². The van der Waals surface area contributed by atoms with Crippen LogP contribution in [-0.4, -0.2) is 68.6 Å². The van der Waals surface area contributed by atoms with Crippen LogP contribution in [0.1, 0.15) is 33.6 Å². The normalized spacial score (nSPS) is 21.4. The first kappa shape index (κ1) is 19.4. The van der Waals surface area contributed by atoms with Gasteiger partial charge >= 0.3 is 5.97 Å². The van der Waals surface area contributed by atoms with E-state index in [1.807, 2.05) is 20.8 Å². The van der Waals surface area contributed by atoms with Crippen molar-refractivity contribution in [3.63, 3.8) is 0 Å². The van der Waals surface area contributed by atoms with Crippen molar-refractivity contribution < 1.29 is 24.0 Å². The minimum atomic E-state index is -0.304. The molecule has 2 N–H and O–H groups in total. The number of carbonyl (C=O) groups excluding carboxylic acids is 3. The molecule has 0 saturated carbocycles. The molecule has 0 spiro atoms. The Labute approximate surface area is 138 Å². The standard InChI is InChI=1S/C16H29N3O4/c1-16(2,3)17-13(20)10-18(4)14(21)11-19-8-6-12(7-9-19)15(22)23-5/h12H,6-11H2,1-5H3,(H,17,20)/p+1. The summed E-state index contributed by atoms with van der Waals surface area (Å²) < 4.78 is 4.76. The van der Waals surface area contributed by atoms with E-state index in [1.165, 1.54) is 12.0 Å². The van der Waals surface area contributed by atoms with Crippen LogP contribution in [0.2, 0.25) is 0 Å².